The minimum absolute atomic E-state index is 0.0792. The lowest BCUT2D eigenvalue weighted by atomic mass is 10.1. The van der Waals surface area contributed by atoms with Crippen LogP contribution in [0.3, 0.4) is 0 Å². The number of piperidine rings is 1. The summed E-state index contributed by atoms with van der Waals surface area (Å²) in [5.41, 5.74) is 2.59. The maximum atomic E-state index is 12.4. The number of likely N-dealkylation sites (tertiary alicyclic amines) is 1. The van der Waals surface area contributed by atoms with Crippen LogP contribution in [0, 0.1) is 0 Å². The van der Waals surface area contributed by atoms with E-state index in [2.05, 4.69) is 10.2 Å². The van der Waals surface area contributed by atoms with Crippen LogP contribution < -0.4 is 4.74 Å². The second-order valence-electron chi connectivity index (χ2n) is 6.32. The molecular formula is C17H21N3O4S2. The third kappa shape index (κ3) is 5.01. The van der Waals surface area contributed by atoms with Crippen molar-refractivity contribution in [2.24, 2.45) is 0 Å². The molecule has 7 nitrogen and oxygen atoms in total. The number of ether oxygens (including phenoxy) is 1. The molecule has 1 aromatic heterocycles. The molecule has 9 heteroatoms. The van der Waals surface area contributed by atoms with Gasteiger partial charge in [-0.25, -0.2) is 8.42 Å². The smallest absolute Gasteiger partial charge is 0.294 e. The van der Waals surface area contributed by atoms with E-state index in [1.165, 1.54) is 17.6 Å². The van der Waals surface area contributed by atoms with Gasteiger partial charge in [0, 0.05) is 38.6 Å². The minimum atomic E-state index is -3.19. The number of hydrogen-bond donors (Lipinski definition) is 0. The maximum Gasteiger partial charge on any atom is 0.294 e. The zero-order valence-corrected chi connectivity index (χ0v) is 16.1. The van der Waals surface area contributed by atoms with Gasteiger partial charge in [0.1, 0.15) is 11.6 Å². The lowest BCUT2D eigenvalue weighted by Gasteiger charge is -2.31. The third-order valence-electron chi connectivity index (χ3n) is 4.38. The Morgan fingerprint density at radius 3 is 2.54 bits per heavy atom. The highest BCUT2D eigenvalue weighted by atomic mass is 32.2. The van der Waals surface area contributed by atoms with Gasteiger partial charge in [-0.2, -0.15) is 0 Å². The molecule has 1 aliphatic heterocycles. The Morgan fingerprint density at radius 2 is 1.96 bits per heavy atom. The van der Waals surface area contributed by atoms with Gasteiger partial charge in [-0.15, -0.1) is 10.2 Å². The van der Waals surface area contributed by atoms with Crippen LogP contribution in [-0.2, 0) is 21.1 Å². The molecule has 1 aliphatic rings. The number of hydrogen-bond acceptors (Lipinski definition) is 7. The first-order valence-electron chi connectivity index (χ1n) is 8.41. The number of sulfone groups is 1. The van der Waals surface area contributed by atoms with Crippen LogP contribution in [0.1, 0.15) is 24.8 Å². The zero-order valence-electron chi connectivity index (χ0n) is 14.5. The van der Waals surface area contributed by atoms with Crippen molar-refractivity contribution in [2.75, 3.05) is 19.3 Å². The summed E-state index contributed by atoms with van der Waals surface area (Å²) >= 11 is 1.37. The van der Waals surface area contributed by atoms with Gasteiger partial charge in [0.05, 0.1) is 4.90 Å². The fourth-order valence-corrected chi connectivity index (χ4v) is 3.99. The highest BCUT2D eigenvalue weighted by Gasteiger charge is 2.24. The van der Waals surface area contributed by atoms with E-state index >= 15 is 0 Å². The molecular weight excluding hydrogens is 374 g/mol. The molecule has 3 rings (SSSR count). The summed E-state index contributed by atoms with van der Waals surface area (Å²) in [6, 6.07) is 6.72. The van der Waals surface area contributed by atoms with Crippen LogP contribution in [0.15, 0.2) is 34.7 Å². The Hall–Kier alpha value is -2.00. The van der Waals surface area contributed by atoms with Crippen LogP contribution in [0.25, 0.3) is 0 Å². The van der Waals surface area contributed by atoms with Crippen molar-refractivity contribution in [2.45, 2.75) is 36.7 Å². The maximum absolute atomic E-state index is 12.4. The SMILES string of the molecule is CS(=O)(=O)c1ccc(CCC(=O)N2CCC(Oc3nncs3)CC2)cc1. The minimum Gasteiger partial charge on any atom is -0.465 e. The molecule has 0 bridgehead atoms. The summed E-state index contributed by atoms with van der Waals surface area (Å²) in [6.45, 7) is 1.35. The van der Waals surface area contributed by atoms with Gasteiger partial charge in [-0.1, -0.05) is 23.5 Å². The number of nitrogens with zero attached hydrogens (tertiary/aromatic N) is 3. The molecule has 0 N–H and O–H groups in total. The van der Waals surface area contributed by atoms with Crippen molar-refractivity contribution in [3.05, 3.63) is 35.3 Å². The van der Waals surface area contributed by atoms with Gasteiger partial charge in [-0.05, 0) is 24.1 Å². The molecule has 0 unspecified atom stereocenters. The Morgan fingerprint density at radius 1 is 1.27 bits per heavy atom. The molecule has 1 amide bonds. The largest absolute Gasteiger partial charge is 0.465 e. The van der Waals surface area contributed by atoms with Gasteiger partial charge in [0.2, 0.25) is 5.91 Å². The van der Waals surface area contributed by atoms with Crippen molar-refractivity contribution in [3.8, 4) is 5.19 Å². The first-order valence-corrected chi connectivity index (χ1v) is 11.2. The quantitative estimate of drug-likeness (QED) is 0.743. The molecule has 0 atom stereocenters. The predicted molar refractivity (Wildman–Crippen MR) is 98.0 cm³/mol. The third-order valence-corrected chi connectivity index (χ3v) is 6.09. The first-order chi connectivity index (χ1) is 12.4. The first kappa shape index (κ1) is 18.8. The van der Waals surface area contributed by atoms with Crippen LogP contribution in [-0.4, -0.2) is 54.9 Å². The van der Waals surface area contributed by atoms with E-state index in [9.17, 15) is 13.2 Å². The number of aromatic nitrogens is 2. The van der Waals surface area contributed by atoms with Crippen molar-refractivity contribution < 1.29 is 17.9 Å². The number of carbonyl (C=O) groups is 1. The van der Waals surface area contributed by atoms with E-state index in [0.717, 1.165) is 18.4 Å². The molecule has 2 aromatic rings. The molecule has 140 valence electrons. The van der Waals surface area contributed by atoms with Crippen molar-refractivity contribution >= 4 is 27.1 Å². The summed E-state index contributed by atoms with van der Waals surface area (Å²) in [7, 11) is -3.19. The van der Waals surface area contributed by atoms with Crippen molar-refractivity contribution in [3.63, 3.8) is 0 Å². The van der Waals surface area contributed by atoms with E-state index in [1.807, 2.05) is 4.90 Å². The van der Waals surface area contributed by atoms with Gasteiger partial charge in [0.25, 0.3) is 5.19 Å². The van der Waals surface area contributed by atoms with Crippen LogP contribution in [0.5, 0.6) is 5.19 Å². The topological polar surface area (TPSA) is 89.5 Å². The van der Waals surface area contributed by atoms with Crippen molar-refractivity contribution in [1.82, 2.24) is 15.1 Å². The second-order valence-corrected chi connectivity index (χ2v) is 9.13. The van der Waals surface area contributed by atoms with Gasteiger partial charge < -0.3 is 9.64 Å². The summed E-state index contributed by atoms with van der Waals surface area (Å²) in [4.78, 5) is 14.6. The zero-order chi connectivity index (χ0) is 18.6. The monoisotopic (exact) mass is 395 g/mol. The summed E-state index contributed by atoms with van der Waals surface area (Å²) in [6.07, 6.45) is 3.85. The number of carbonyl (C=O) groups excluding carboxylic acids is 1. The normalized spacial score (nSPS) is 15.8. The number of amides is 1. The highest BCUT2D eigenvalue weighted by Crippen LogP contribution is 2.20. The fraction of sp³-hybridized carbons (Fsp3) is 0.471. The Bertz CT molecular complexity index is 827. The molecule has 0 radical (unpaired) electrons. The van der Waals surface area contributed by atoms with E-state index in [4.69, 9.17) is 4.74 Å². The standard InChI is InChI=1S/C17H21N3O4S2/c1-26(22,23)15-5-2-13(3-6-15)4-7-16(21)20-10-8-14(9-11-20)24-17-19-18-12-25-17/h2-3,5-6,12,14H,4,7-11H2,1H3. The van der Waals surface area contributed by atoms with E-state index in [-0.39, 0.29) is 12.0 Å². The predicted octanol–water partition coefficient (Wildman–Crippen LogP) is 1.94. The van der Waals surface area contributed by atoms with Gasteiger partial charge in [0.15, 0.2) is 9.84 Å². The molecule has 0 aliphatic carbocycles. The lowest BCUT2D eigenvalue weighted by molar-refractivity contribution is -0.132. The van der Waals surface area contributed by atoms with Gasteiger partial charge >= 0.3 is 0 Å². The highest BCUT2D eigenvalue weighted by molar-refractivity contribution is 7.90. The summed E-state index contributed by atoms with van der Waals surface area (Å²) in [5, 5.41) is 8.20. The fourth-order valence-electron chi connectivity index (χ4n) is 2.89. The Labute approximate surface area is 156 Å². The Kier molecular flexibility index (Phi) is 5.87. The Balaban J connectivity index is 1.44. The van der Waals surface area contributed by atoms with E-state index in [1.54, 1.807) is 29.8 Å². The van der Waals surface area contributed by atoms with Gasteiger partial charge in [-0.3, -0.25) is 4.79 Å². The number of benzene rings is 1. The average Bonchev–Trinajstić information content (AvgIpc) is 3.13. The number of rotatable bonds is 6. The lowest BCUT2D eigenvalue weighted by Crippen LogP contribution is -2.41. The molecule has 26 heavy (non-hydrogen) atoms. The molecule has 0 saturated carbocycles. The van der Waals surface area contributed by atoms with Crippen LogP contribution in [0.2, 0.25) is 0 Å². The van der Waals surface area contributed by atoms with E-state index < -0.39 is 9.84 Å². The molecule has 1 fully saturated rings. The molecule has 0 spiro atoms. The van der Waals surface area contributed by atoms with Crippen molar-refractivity contribution in [1.29, 1.82) is 0 Å². The number of aryl methyl sites for hydroxylation is 1. The van der Waals surface area contributed by atoms with Crippen LogP contribution in [0.4, 0.5) is 0 Å². The molecule has 2 heterocycles. The summed E-state index contributed by atoms with van der Waals surface area (Å²) in [5.74, 6) is 0.117. The molecule has 1 aromatic carbocycles. The molecule has 1 saturated heterocycles. The average molecular weight is 396 g/mol. The van der Waals surface area contributed by atoms with E-state index in [0.29, 0.717) is 36.0 Å². The second kappa shape index (κ2) is 8.13. The van der Waals surface area contributed by atoms with Crippen LogP contribution >= 0.6 is 11.3 Å². The summed E-state index contributed by atoms with van der Waals surface area (Å²) < 4.78 is 28.7.